The number of rotatable bonds is 4. The summed E-state index contributed by atoms with van der Waals surface area (Å²) in [5.41, 5.74) is 5.75. The van der Waals surface area contributed by atoms with E-state index in [1.54, 1.807) is 29.6 Å². The zero-order valence-electron chi connectivity index (χ0n) is 17.7. The van der Waals surface area contributed by atoms with Crippen LogP contribution in [0.15, 0.2) is 47.3 Å². The standard InChI is InChI=1S/C19H15Cl2N5OS.C2HF3O2/c1-26(8-11-2-4-13(20)14(21)6-11)19(27)23-12-3-5-15-16(7-12)25-18(24-15)17-9-28-10-22-17;3-2(4,5)1(6)7/h2-7,9-10H,8H2,1H3,(H,23,27)(H,24,25);(H,6,7). The molecule has 3 N–H and O–H groups in total. The van der Waals surface area contributed by atoms with E-state index in [1.165, 1.54) is 11.3 Å². The Hall–Kier alpha value is -3.35. The number of anilines is 1. The van der Waals surface area contributed by atoms with E-state index < -0.39 is 12.1 Å². The van der Waals surface area contributed by atoms with E-state index in [-0.39, 0.29) is 6.03 Å². The number of hydrogen-bond donors (Lipinski definition) is 3. The van der Waals surface area contributed by atoms with Gasteiger partial charge in [-0.25, -0.2) is 19.6 Å². The Balaban J connectivity index is 0.000000429. The Labute approximate surface area is 210 Å². The zero-order chi connectivity index (χ0) is 25.8. The molecule has 0 aliphatic carbocycles. The molecule has 0 aliphatic heterocycles. The first-order valence-electron chi connectivity index (χ1n) is 9.58. The van der Waals surface area contributed by atoms with Gasteiger partial charge in [0.25, 0.3) is 0 Å². The molecule has 35 heavy (non-hydrogen) atoms. The van der Waals surface area contributed by atoms with Gasteiger partial charge in [0.05, 0.1) is 26.6 Å². The van der Waals surface area contributed by atoms with Gasteiger partial charge < -0.3 is 20.3 Å². The molecule has 184 valence electrons. The van der Waals surface area contributed by atoms with Crippen molar-refractivity contribution in [2.24, 2.45) is 0 Å². The quantitative estimate of drug-likeness (QED) is 0.279. The molecule has 0 atom stereocenters. The first kappa shape index (κ1) is 26.3. The maximum Gasteiger partial charge on any atom is 0.490 e. The molecule has 14 heteroatoms. The Morgan fingerprint density at radius 2 is 1.89 bits per heavy atom. The SMILES string of the molecule is CN(Cc1ccc(Cl)c(Cl)c1)C(=O)Nc1ccc2[nH]c(-c3cscn3)nc2c1.O=C(O)C(F)(F)F. The highest BCUT2D eigenvalue weighted by atomic mass is 35.5. The molecule has 2 aromatic heterocycles. The second kappa shape index (κ2) is 10.9. The number of thiazole rings is 1. The van der Waals surface area contributed by atoms with Gasteiger partial charge in [0, 0.05) is 24.7 Å². The van der Waals surface area contributed by atoms with Crippen LogP contribution in [0.2, 0.25) is 10.0 Å². The van der Waals surface area contributed by atoms with Crippen LogP contribution in [0.1, 0.15) is 5.56 Å². The summed E-state index contributed by atoms with van der Waals surface area (Å²) in [7, 11) is 1.71. The van der Waals surface area contributed by atoms with Crippen molar-refractivity contribution in [2.45, 2.75) is 12.7 Å². The number of nitrogens with one attached hydrogen (secondary N) is 2. The van der Waals surface area contributed by atoms with Crippen LogP contribution in [0, 0.1) is 0 Å². The molecule has 2 amide bonds. The third-order valence-corrected chi connectivity index (χ3v) is 5.73. The smallest absolute Gasteiger partial charge is 0.475 e. The van der Waals surface area contributed by atoms with E-state index in [0.717, 1.165) is 22.3 Å². The van der Waals surface area contributed by atoms with Crippen molar-refractivity contribution in [3.8, 4) is 11.5 Å². The summed E-state index contributed by atoms with van der Waals surface area (Å²) in [6.45, 7) is 0.404. The first-order chi connectivity index (χ1) is 16.4. The second-order valence-corrected chi connectivity index (χ2v) is 8.56. The minimum Gasteiger partial charge on any atom is -0.475 e. The predicted molar refractivity (Wildman–Crippen MR) is 128 cm³/mol. The minimum absolute atomic E-state index is 0.235. The van der Waals surface area contributed by atoms with Crippen LogP contribution in [0.3, 0.4) is 0 Å². The number of aromatic nitrogens is 3. The van der Waals surface area contributed by atoms with Gasteiger partial charge in [0.15, 0.2) is 5.82 Å². The summed E-state index contributed by atoms with van der Waals surface area (Å²) in [6.07, 6.45) is -5.08. The number of benzene rings is 2. The monoisotopic (exact) mass is 545 g/mol. The van der Waals surface area contributed by atoms with Gasteiger partial charge in [0.2, 0.25) is 0 Å². The molecular formula is C21H16Cl2F3N5O3S. The fourth-order valence-electron chi connectivity index (χ4n) is 2.74. The zero-order valence-corrected chi connectivity index (χ0v) is 20.1. The van der Waals surface area contributed by atoms with Gasteiger partial charge in [-0.15, -0.1) is 11.3 Å². The highest BCUT2D eigenvalue weighted by Gasteiger charge is 2.38. The van der Waals surface area contributed by atoms with E-state index in [0.29, 0.717) is 28.1 Å². The molecule has 4 aromatic rings. The van der Waals surface area contributed by atoms with Crippen LogP contribution in [-0.2, 0) is 11.3 Å². The molecule has 0 bridgehead atoms. The number of aromatic amines is 1. The molecule has 4 rings (SSSR count). The number of nitrogens with zero attached hydrogens (tertiary/aromatic N) is 3. The van der Waals surface area contributed by atoms with Crippen molar-refractivity contribution in [3.63, 3.8) is 0 Å². The second-order valence-electron chi connectivity index (χ2n) is 7.03. The van der Waals surface area contributed by atoms with E-state index >= 15 is 0 Å². The summed E-state index contributed by atoms with van der Waals surface area (Å²) in [6, 6.07) is 10.6. The Kier molecular flexibility index (Phi) is 8.20. The third kappa shape index (κ3) is 7.07. The fraction of sp³-hybridized carbons (Fsp3) is 0.143. The molecule has 0 radical (unpaired) electrons. The number of carbonyl (C=O) groups excluding carboxylic acids is 1. The highest BCUT2D eigenvalue weighted by Crippen LogP contribution is 2.24. The number of H-pyrrole nitrogens is 1. The van der Waals surface area contributed by atoms with Crippen molar-refractivity contribution in [1.82, 2.24) is 19.9 Å². The summed E-state index contributed by atoms with van der Waals surface area (Å²) in [5, 5.41) is 12.9. The van der Waals surface area contributed by atoms with Crippen molar-refractivity contribution in [3.05, 3.63) is 62.9 Å². The van der Waals surface area contributed by atoms with E-state index in [1.807, 2.05) is 29.6 Å². The number of urea groups is 1. The number of amides is 2. The lowest BCUT2D eigenvalue weighted by Gasteiger charge is -2.18. The summed E-state index contributed by atoms with van der Waals surface area (Å²) >= 11 is 13.5. The number of carboxylic acid groups (broad SMARTS) is 1. The predicted octanol–water partition coefficient (Wildman–Crippen LogP) is 6.29. The van der Waals surface area contributed by atoms with Crippen molar-refractivity contribution < 1.29 is 27.9 Å². The molecule has 0 aliphatic rings. The normalized spacial score (nSPS) is 11.0. The molecule has 0 unspecified atom stereocenters. The molecule has 0 fully saturated rings. The summed E-state index contributed by atoms with van der Waals surface area (Å²) < 4.78 is 31.7. The molecule has 0 spiro atoms. The first-order valence-corrected chi connectivity index (χ1v) is 11.3. The average molecular weight is 546 g/mol. The lowest BCUT2D eigenvalue weighted by Crippen LogP contribution is -2.30. The average Bonchev–Trinajstić information content (AvgIpc) is 3.45. The largest absolute Gasteiger partial charge is 0.490 e. The van der Waals surface area contributed by atoms with Gasteiger partial charge in [-0.3, -0.25) is 0 Å². The highest BCUT2D eigenvalue weighted by molar-refractivity contribution is 7.07. The maximum absolute atomic E-state index is 12.5. The fourth-order valence-corrected chi connectivity index (χ4v) is 3.59. The number of carboxylic acids is 1. The Bertz CT molecular complexity index is 1350. The van der Waals surface area contributed by atoms with Crippen molar-refractivity contribution >= 4 is 63.3 Å². The topological polar surface area (TPSA) is 111 Å². The molecule has 8 nitrogen and oxygen atoms in total. The molecule has 0 saturated heterocycles. The number of halogens is 5. The number of hydrogen-bond acceptors (Lipinski definition) is 5. The van der Waals surface area contributed by atoms with Gasteiger partial charge in [-0.1, -0.05) is 29.3 Å². The number of alkyl halides is 3. The van der Waals surface area contributed by atoms with Gasteiger partial charge in [-0.2, -0.15) is 13.2 Å². The van der Waals surface area contributed by atoms with Gasteiger partial charge >= 0.3 is 18.2 Å². The number of aliphatic carboxylic acids is 1. The Morgan fingerprint density at radius 1 is 1.17 bits per heavy atom. The van der Waals surface area contributed by atoms with Gasteiger partial charge in [-0.05, 0) is 35.9 Å². The molecule has 2 aromatic carbocycles. The van der Waals surface area contributed by atoms with Crippen molar-refractivity contribution in [1.29, 1.82) is 0 Å². The van der Waals surface area contributed by atoms with Crippen LogP contribution in [0.5, 0.6) is 0 Å². The number of carbonyl (C=O) groups is 2. The van der Waals surface area contributed by atoms with Crippen LogP contribution in [0.4, 0.5) is 23.7 Å². The molecule has 0 saturated carbocycles. The van der Waals surface area contributed by atoms with Crippen LogP contribution in [0.25, 0.3) is 22.6 Å². The number of fused-ring (bicyclic) bond motifs is 1. The van der Waals surface area contributed by atoms with Crippen molar-refractivity contribution in [2.75, 3.05) is 12.4 Å². The van der Waals surface area contributed by atoms with Crippen LogP contribution < -0.4 is 5.32 Å². The maximum atomic E-state index is 12.5. The van der Waals surface area contributed by atoms with Gasteiger partial charge in [0.1, 0.15) is 5.69 Å². The third-order valence-electron chi connectivity index (χ3n) is 4.40. The lowest BCUT2D eigenvalue weighted by molar-refractivity contribution is -0.192. The summed E-state index contributed by atoms with van der Waals surface area (Å²) in [5.74, 6) is -2.05. The number of imidazole rings is 1. The molecular weight excluding hydrogens is 530 g/mol. The Morgan fingerprint density at radius 3 is 2.49 bits per heavy atom. The van der Waals surface area contributed by atoms with E-state index in [9.17, 15) is 18.0 Å². The molecule has 2 heterocycles. The summed E-state index contributed by atoms with van der Waals surface area (Å²) in [4.78, 5) is 35.0. The van der Waals surface area contributed by atoms with Crippen LogP contribution >= 0.6 is 34.5 Å². The van der Waals surface area contributed by atoms with Crippen LogP contribution in [-0.4, -0.2) is 50.2 Å². The van der Waals surface area contributed by atoms with E-state index in [4.69, 9.17) is 33.1 Å². The minimum atomic E-state index is -5.08. The van der Waals surface area contributed by atoms with E-state index in [2.05, 4.69) is 20.3 Å². The lowest BCUT2D eigenvalue weighted by atomic mass is 10.2.